The molecule has 0 heterocycles. The Morgan fingerprint density at radius 2 is 1.49 bits per heavy atom. The summed E-state index contributed by atoms with van der Waals surface area (Å²) in [6.45, 7) is 8.91. The first-order valence-corrected chi connectivity index (χ1v) is 17.5. The summed E-state index contributed by atoms with van der Waals surface area (Å²) in [4.78, 5) is 31.7. The van der Waals surface area contributed by atoms with Crippen LogP contribution in [0.3, 0.4) is 0 Å². The van der Waals surface area contributed by atoms with Gasteiger partial charge >= 0.3 is 0 Å². The number of carbonyl (C=O) groups is 2. The summed E-state index contributed by atoms with van der Waals surface area (Å²) in [6.07, 6.45) is 1.14. The SMILES string of the molecule is CC#Cc1cc(C(=O)NC(Cc2ccc(O)cc2)C(O)CN(CCC)NS(=O)(=O)c2ccccc2)cc(C(=O)N(CCC)CCC)c1. The highest BCUT2D eigenvalue weighted by Gasteiger charge is 2.27. The minimum atomic E-state index is -3.92. The van der Waals surface area contributed by atoms with E-state index in [2.05, 4.69) is 22.0 Å². The molecular formula is C36H46N4O6S. The van der Waals surface area contributed by atoms with Crippen LogP contribution in [-0.2, 0) is 16.4 Å². The lowest BCUT2D eigenvalue weighted by Gasteiger charge is -2.30. The van der Waals surface area contributed by atoms with E-state index < -0.39 is 28.1 Å². The quantitative estimate of drug-likeness (QED) is 0.125. The van der Waals surface area contributed by atoms with Gasteiger partial charge in [-0.25, -0.2) is 13.4 Å². The van der Waals surface area contributed by atoms with Gasteiger partial charge in [0.05, 0.1) is 17.0 Å². The van der Waals surface area contributed by atoms with Crippen LogP contribution < -0.4 is 10.1 Å². The minimum Gasteiger partial charge on any atom is -0.508 e. The largest absolute Gasteiger partial charge is 0.508 e. The summed E-state index contributed by atoms with van der Waals surface area (Å²) in [5.74, 6) is 5.14. The number of benzene rings is 3. The van der Waals surface area contributed by atoms with Gasteiger partial charge in [0.25, 0.3) is 21.8 Å². The number of aliphatic hydroxyl groups excluding tert-OH is 1. The van der Waals surface area contributed by atoms with Crippen molar-refractivity contribution in [3.63, 3.8) is 0 Å². The molecule has 0 radical (unpaired) electrons. The third-order valence-corrected chi connectivity index (χ3v) is 8.75. The first-order valence-electron chi connectivity index (χ1n) is 16.0. The van der Waals surface area contributed by atoms with E-state index >= 15 is 0 Å². The molecule has 0 aliphatic heterocycles. The minimum absolute atomic E-state index is 0.0746. The van der Waals surface area contributed by atoms with Gasteiger partial charge in [0.15, 0.2) is 0 Å². The fraction of sp³-hybridized carbons (Fsp3) is 0.389. The van der Waals surface area contributed by atoms with Crippen molar-refractivity contribution in [2.75, 3.05) is 26.2 Å². The van der Waals surface area contributed by atoms with E-state index in [4.69, 9.17) is 0 Å². The highest BCUT2D eigenvalue weighted by molar-refractivity contribution is 7.89. The molecule has 3 aromatic rings. The summed E-state index contributed by atoms with van der Waals surface area (Å²) < 4.78 is 26.2. The number of hydrogen-bond donors (Lipinski definition) is 4. The number of aliphatic hydroxyl groups is 1. The van der Waals surface area contributed by atoms with Crippen LogP contribution in [0.2, 0.25) is 0 Å². The maximum absolute atomic E-state index is 13.8. The Bertz CT molecular complexity index is 1630. The molecule has 2 unspecified atom stereocenters. The normalized spacial score (nSPS) is 12.6. The standard InChI is InChI=1S/C36H46N4O6S/c1-5-12-28-22-29(25-30(23-28)36(44)39(19-6-2)20-7-3)35(43)37-33(24-27-15-17-31(41)18-16-27)34(42)26-40(21-8-4)38-47(45,46)32-13-10-9-11-14-32/h9-11,13-18,22-23,25,33-34,38,41-42H,6-8,19-21,24,26H2,1-4H3,(H,37,43). The molecule has 0 aliphatic carbocycles. The third-order valence-electron chi connectivity index (χ3n) is 7.36. The van der Waals surface area contributed by atoms with Crippen molar-refractivity contribution in [1.82, 2.24) is 20.1 Å². The maximum Gasteiger partial charge on any atom is 0.253 e. The van der Waals surface area contributed by atoms with Crippen LogP contribution in [-0.4, -0.2) is 78.7 Å². The van der Waals surface area contributed by atoms with Crippen molar-refractivity contribution >= 4 is 21.8 Å². The molecule has 10 nitrogen and oxygen atoms in total. The fourth-order valence-electron chi connectivity index (χ4n) is 5.18. The average Bonchev–Trinajstić information content (AvgIpc) is 3.05. The highest BCUT2D eigenvalue weighted by atomic mass is 32.2. The van der Waals surface area contributed by atoms with Gasteiger partial charge in [-0.15, -0.1) is 10.8 Å². The topological polar surface area (TPSA) is 139 Å². The number of nitrogens with one attached hydrogen (secondary N) is 2. The van der Waals surface area contributed by atoms with E-state index in [0.29, 0.717) is 37.2 Å². The zero-order valence-corrected chi connectivity index (χ0v) is 28.4. The smallest absolute Gasteiger partial charge is 0.253 e. The predicted octanol–water partition coefficient (Wildman–Crippen LogP) is 4.33. The molecule has 0 spiro atoms. The molecule has 4 N–H and O–H groups in total. The Balaban J connectivity index is 1.93. The first kappa shape index (κ1) is 37.2. The Kier molecular flexibility index (Phi) is 14.4. The molecule has 0 aromatic heterocycles. The van der Waals surface area contributed by atoms with Gasteiger partial charge in [-0.3, -0.25) is 9.59 Å². The lowest BCUT2D eigenvalue weighted by atomic mass is 9.99. The number of hydrazine groups is 1. The molecule has 0 bridgehead atoms. The number of hydrogen-bond acceptors (Lipinski definition) is 7. The summed E-state index contributed by atoms with van der Waals surface area (Å²) in [7, 11) is -3.92. The van der Waals surface area contributed by atoms with Crippen molar-refractivity contribution in [3.8, 4) is 17.6 Å². The average molecular weight is 663 g/mol. The van der Waals surface area contributed by atoms with Crippen molar-refractivity contribution in [2.24, 2.45) is 0 Å². The van der Waals surface area contributed by atoms with Crippen LogP contribution in [0.1, 0.15) is 78.8 Å². The molecule has 0 fully saturated rings. The van der Waals surface area contributed by atoms with Gasteiger partial charge in [0.2, 0.25) is 0 Å². The Morgan fingerprint density at radius 1 is 0.872 bits per heavy atom. The van der Waals surface area contributed by atoms with E-state index in [1.807, 2.05) is 20.8 Å². The molecular weight excluding hydrogens is 616 g/mol. The lowest BCUT2D eigenvalue weighted by Crippen LogP contribution is -2.53. The van der Waals surface area contributed by atoms with Gasteiger partial charge in [-0.05, 0) is 80.6 Å². The van der Waals surface area contributed by atoms with Crippen LogP contribution in [0.15, 0.2) is 77.7 Å². The number of amides is 2. The van der Waals surface area contributed by atoms with E-state index in [1.54, 1.807) is 54.3 Å². The molecule has 0 saturated carbocycles. The van der Waals surface area contributed by atoms with Crippen molar-refractivity contribution in [2.45, 2.75) is 70.4 Å². The van der Waals surface area contributed by atoms with E-state index in [9.17, 15) is 28.2 Å². The van der Waals surface area contributed by atoms with Crippen molar-refractivity contribution in [1.29, 1.82) is 0 Å². The fourth-order valence-corrected chi connectivity index (χ4v) is 6.30. The van der Waals surface area contributed by atoms with Crippen LogP contribution in [0.4, 0.5) is 0 Å². The summed E-state index contributed by atoms with van der Waals surface area (Å²) in [5.41, 5.74) is 1.80. The number of phenols is 1. The van der Waals surface area contributed by atoms with Crippen LogP contribution >= 0.6 is 0 Å². The third kappa shape index (κ3) is 11.2. The molecule has 2 atom stereocenters. The summed E-state index contributed by atoms with van der Waals surface area (Å²) in [6, 6.07) is 18.3. The zero-order chi connectivity index (χ0) is 34.4. The monoisotopic (exact) mass is 662 g/mol. The van der Waals surface area contributed by atoms with E-state index in [1.165, 1.54) is 35.3 Å². The second-order valence-corrected chi connectivity index (χ2v) is 13.0. The summed E-state index contributed by atoms with van der Waals surface area (Å²) in [5, 5.41) is 25.7. The predicted molar refractivity (Wildman–Crippen MR) is 183 cm³/mol. The molecule has 3 aromatic carbocycles. The zero-order valence-electron chi connectivity index (χ0n) is 27.6. The van der Waals surface area contributed by atoms with Crippen LogP contribution in [0, 0.1) is 11.8 Å². The highest BCUT2D eigenvalue weighted by Crippen LogP contribution is 2.17. The second-order valence-electron chi connectivity index (χ2n) is 11.3. The van der Waals surface area contributed by atoms with Gasteiger partial charge < -0.3 is 20.4 Å². The molecule has 0 aliphatic rings. The van der Waals surface area contributed by atoms with Gasteiger partial charge in [0.1, 0.15) is 5.75 Å². The van der Waals surface area contributed by atoms with Gasteiger partial charge in [0, 0.05) is 42.9 Å². The molecule has 3 rings (SSSR count). The second kappa shape index (κ2) is 18.2. The maximum atomic E-state index is 13.8. The molecule has 11 heteroatoms. The first-order chi connectivity index (χ1) is 22.5. The number of sulfonamides is 1. The lowest BCUT2D eigenvalue weighted by molar-refractivity contribution is 0.0619. The molecule has 2 amide bonds. The number of carbonyl (C=O) groups excluding carboxylic acids is 2. The van der Waals surface area contributed by atoms with E-state index in [0.717, 1.165) is 18.4 Å². The number of nitrogens with zero attached hydrogens (tertiary/aromatic N) is 2. The summed E-state index contributed by atoms with van der Waals surface area (Å²) >= 11 is 0. The van der Waals surface area contributed by atoms with Crippen LogP contribution in [0.5, 0.6) is 5.75 Å². The number of rotatable bonds is 17. The van der Waals surface area contributed by atoms with Crippen molar-refractivity contribution < 1.29 is 28.2 Å². The molecule has 47 heavy (non-hydrogen) atoms. The van der Waals surface area contributed by atoms with E-state index in [-0.39, 0.29) is 35.1 Å². The Morgan fingerprint density at radius 3 is 2.09 bits per heavy atom. The Hall–Kier alpha value is -4.21. The van der Waals surface area contributed by atoms with Crippen LogP contribution in [0.25, 0.3) is 0 Å². The van der Waals surface area contributed by atoms with Crippen molar-refractivity contribution in [3.05, 3.63) is 95.1 Å². The number of aromatic hydroxyl groups is 1. The molecule has 0 saturated heterocycles. The molecule has 252 valence electrons. The Labute approximate surface area is 278 Å². The van der Waals surface area contributed by atoms with Gasteiger partial charge in [-0.2, -0.15) is 0 Å². The van der Waals surface area contributed by atoms with Gasteiger partial charge in [-0.1, -0.05) is 57.0 Å². The number of phenolic OH excluding ortho intramolecular Hbond substituents is 1.